The van der Waals surface area contributed by atoms with Crippen LogP contribution < -0.4 is 5.32 Å². The molecule has 6 heteroatoms. The minimum Gasteiger partial charge on any atom is -0.499 e. The van der Waals surface area contributed by atoms with Crippen LogP contribution >= 0.6 is 0 Å². The van der Waals surface area contributed by atoms with E-state index in [4.69, 9.17) is 17.6 Å². The second-order valence-corrected chi connectivity index (χ2v) is 8.40. The highest BCUT2D eigenvalue weighted by molar-refractivity contribution is 6.09. The van der Waals surface area contributed by atoms with Gasteiger partial charge in [0.2, 0.25) is 5.91 Å². The molecule has 0 aromatic rings. The molecule has 0 fully saturated rings. The number of ether oxygens (including phenoxy) is 1. The van der Waals surface area contributed by atoms with Gasteiger partial charge in [0.15, 0.2) is 0 Å². The number of rotatable bonds is 15. The molecule has 1 heterocycles. The Morgan fingerprint density at radius 3 is 2.55 bits per heavy atom. The lowest BCUT2D eigenvalue weighted by molar-refractivity contribution is -0.140. The van der Waals surface area contributed by atoms with Gasteiger partial charge in [-0.15, -0.1) is 24.7 Å². The second kappa shape index (κ2) is 15.8. The standard InChI is InChI=1S/C27H38N2O4/c1-6-8-10-12-16-21(3)26(31)28-19-15-14-18-23-24(33-5)20-25(30)29(23)27(32)22(4)17-13-11-9-7-2/h1-2,17,20-21,23H,8-16,18-19H2,3-5H3,(H,28,31)/b22-17+/t21-,23+/m1/s1. The minimum absolute atomic E-state index is 0.0400. The molecule has 1 N–H and O–H groups in total. The third-order valence-electron chi connectivity index (χ3n) is 5.77. The predicted octanol–water partition coefficient (Wildman–Crippen LogP) is 4.12. The van der Waals surface area contributed by atoms with Crippen molar-refractivity contribution >= 4 is 17.7 Å². The molecule has 3 amide bonds. The quantitative estimate of drug-likeness (QED) is 0.229. The molecule has 0 aliphatic carbocycles. The zero-order valence-corrected chi connectivity index (χ0v) is 20.3. The monoisotopic (exact) mass is 454 g/mol. The summed E-state index contributed by atoms with van der Waals surface area (Å²) in [6.45, 7) is 4.20. The van der Waals surface area contributed by atoms with Crippen molar-refractivity contribution in [1.29, 1.82) is 0 Å². The van der Waals surface area contributed by atoms with E-state index in [1.807, 2.05) is 13.0 Å². The Morgan fingerprint density at radius 1 is 1.18 bits per heavy atom. The van der Waals surface area contributed by atoms with Crippen LogP contribution in [0.3, 0.4) is 0 Å². The fourth-order valence-corrected chi connectivity index (χ4v) is 3.73. The number of imide groups is 1. The smallest absolute Gasteiger partial charge is 0.257 e. The number of nitrogens with zero attached hydrogens (tertiary/aromatic N) is 1. The highest BCUT2D eigenvalue weighted by Crippen LogP contribution is 2.26. The van der Waals surface area contributed by atoms with E-state index in [1.54, 1.807) is 6.92 Å². The fourth-order valence-electron chi connectivity index (χ4n) is 3.73. The van der Waals surface area contributed by atoms with Crippen molar-refractivity contribution in [2.75, 3.05) is 13.7 Å². The third-order valence-corrected chi connectivity index (χ3v) is 5.77. The Bertz CT molecular complexity index is 813. The van der Waals surface area contributed by atoms with Gasteiger partial charge >= 0.3 is 0 Å². The molecule has 2 atom stereocenters. The maximum Gasteiger partial charge on any atom is 0.257 e. The Kier molecular flexibility index (Phi) is 13.4. The molecule has 0 unspecified atom stereocenters. The fraction of sp³-hybridized carbons (Fsp3) is 0.593. The van der Waals surface area contributed by atoms with Crippen LogP contribution in [0.1, 0.15) is 78.1 Å². The molecule has 0 radical (unpaired) electrons. The van der Waals surface area contributed by atoms with E-state index in [-0.39, 0.29) is 23.6 Å². The van der Waals surface area contributed by atoms with Crippen molar-refractivity contribution in [1.82, 2.24) is 10.2 Å². The van der Waals surface area contributed by atoms with Crippen LogP contribution in [-0.4, -0.2) is 42.3 Å². The first-order valence-corrected chi connectivity index (χ1v) is 11.8. The molecular weight excluding hydrogens is 416 g/mol. The number of hydrogen-bond donors (Lipinski definition) is 1. The second-order valence-electron chi connectivity index (χ2n) is 8.40. The van der Waals surface area contributed by atoms with Crippen molar-refractivity contribution in [2.45, 2.75) is 84.1 Å². The first-order chi connectivity index (χ1) is 15.9. The minimum atomic E-state index is -0.421. The van der Waals surface area contributed by atoms with Gasteiger partial charge in [0.1, 0.15) is 5.76 Å². The molecule has 180 valence electrons. The number of unbranched alkanes of at least 4 members (excludes halogenated alkanes) is 5. The van der Waals surface area contributed by atoms with E-state index in [2.05, 4.69) is 17.2 Å². The number of carbonyl (C=O) groups excluding carboxylic acids is 3. The van der Waals surface area contributed by atoms with Gasteiger partial charge in [-0.2, -0.15) is 0 Å². The van der Waals surface area contributed by atoms with E-state index >= 15 is 0 Å². The molecule has 6 nitrogen and oxygen atoms in total. The number of allylic oxidation sites excluding steroid dienone is 1. The zero-order chi connectivity index (χ0) is 24.6. The number of amides is 3. The summed E-state index contributed by atoms with van der Waals surface area (Å²) in [4.78, 5) is 38.9. The summed E-state index contributed by atoms with van der Waals surface area (Å²) in [6.07, 6.45) is 21.4. The van der Waals surface area contributed by atoms with Gasteiger partial charge in [-0.05, 0) is 51.9 Å². The van der Waals surface area contributed by atoms with Crippen LogP contribution in [0.2, 0.25) is 0 Å². The summed E-state index contributed by atoms with van der Waals surface area (Å²) in [6, 6.07) is -0.421. The molecule has 0 aromatic carbocycles. The number of hydrogen-bond acceptors (Lipinski definition) is 4. The van der Waals surface area contributed by atoms with E-state index in [1.165, 1.54) is 18.1 Å². The Balaban J connectivity index is 2.52. The van der Waals surface area contributed by atoms with Gasteiger partial charge in [-0.1, -0.05) is 19.4 Å². The molecule has 0 aromatic heterocycles. The van der Waals surface area contributed by atoms with Crippen molar-refractivity contribution in [3.63, 3.8) is 0 Å². The first-order valence-electron chi connectivity index (χ1n) is 11.8. The zero-order valence-electron chi connectivity index (χ0n) is 20.3. The van der Waals surface area contributed by atoms with Gasteiger partial charge in [-0.3, -0.25) is 19.3 Å². The van der Waals surface area contributed by atoms with Gasteiger partial charge in [-0.25, -0.2) is 0 Å². The van der Waals surface area contributed by atoms with E-state index in [0.29, 0.717) is 37.1 Å². The largest absolute Gasteiger partial charge is 0.499 e. The van der Waals surface area contributed by atoms with Crippen molar-refractivity contribution in [2.24, 2.45) is 5.92 Å². The molecule has 1 rings (SSSR count). The van der Waals surface area contributed by atoms with Crippen molar-refractivity contribution < 1.29 is 19.1 Å². The number of nitrogens with one attached hydrogen (secondary N) is 1. The van der Waals surface area contributed by atoms with Gasteiger partial charge in [0, 0.05) is 37.0 Å². The summed E-state index contributed by atoms with van der Waals surface area (Å²) in [5.41, 5.74) is 0.527. The molecule has 0 spiro atoms. The molecular formula is C27H38N2O4. The van der Waals surface area contributed by atoms with Crippen LogP contribution in [-0.2, 0) is 19.1 Å². The molecule has 33 heavy (non-hydrogen) atoms. The predicted molar refractivity (Wildman–Crippen MR) is 130 cm³/mol. The Hall–Kier alpha value is -2.99. The van der Waals surface area contributed by atoms with Crippen molar-refractivity contribution in [3.8, 4) is 24.7 Å². The lowest BCUT2D eigenvalue weighted by Crippen LogP contribution is -2.41. The maximum atomic E-state index is 12.9. The average Bonchev–Trinajstić information content (AvgIpc) is 3.13. The summed E-state index contributed by atoms with van der Waals surface area (Å²) >= 11 is 0. The summed E-state index contributed by atoms with van der Waals surface area (Å²) in [7, 11) is 1.51. The van der Waals surface area contributed by atoms with Gasteiger partial charge < -0.3 is 10.1 Å². The first kappa shape index (κ1) is 28.0. The number of methoxy groups -OCH3 is 1. The van der Waals surface area contributed by atoms with Crippen LogP contribution in [0.5, 0.6) is 0 Å². The lowest BCUT2D eigenvalue weighted by atomic mass is 10.0. The summed E-state index contributed by atoms with van der Waals surface area (Å²) in [5.74, 6) is 5.04. The normalized spacial score (nSPS) is 16.6. The molecule has 1 aliphatic rings. The molecule has 0 saturated carbocycles. The van der Waals surface area contributed by atoms with Crippen LogP contribution in [0.25, 0.3) is 0 Å². The highest BCUT2D eigenvalue weighted by Gasteiger charge is 2.38. The molecule has 0 bridgehead atoms. The summed E-state index contributed by atoms with van der Waals surface area (Å²) < 4.78 is 5.37. The topological polar surface area (TPSA) is 75.7 Å². The lowest BCUT2D eigenvalue weighted by Gasteiger charge is -2.25. The number of terminal acetylenes is 2. The van der Waals surface area contributed by atoms with E-state index in [0.717, 1.165) is 44.9 Å². The maximum absolute atomic E-state index is 12.9. The third kappa shape index (κ3) is 9.58. The van der Waals surface area contributed by atoms with Gasteiger partial charge in [0.25, 0.3) is 11.8 Å². The van der Waals surface area contributed by atoms with Crippen molar-refractivity contribution in [3.05, 3.63) is 23.5 Å². The Morgan fingerprint density at radius 2 is 1.88 bits per heavy atom. The van der Waals surface area contributed by atoms with Crippen LogP contribution in [0.4, 0.5) is 0 Å². The van der Waals surface area contributed by atoms with Gasteiger partial charge in [0.05, 0.1) is 13.2 Å². The summed E-state index contributed by atoms with van der Waals surface area (Å²) in [5, 5.41) is 2.97. The Labute approximate surface area is 199 Å². The van der Waals surface area contributed by atoms with Crippen LogP contribution in [0, 0.1) is 30.6 Å². The molecule has 1 aliphatic heterocycles. The SMILES string of the molecule is C#CCCC/C=C(\C)C(=O)N1C(=O)C=C(OC)[C@@H]1CCCCNC(=O)[C@H](C)CCCCC#C. The number of carbonyl (C=O) groups is 3. The average molecular weight is 455 g/mol. The van der Waals surface area contributed by atoms with Crippen LogP contribution in [0.15, 0.2) is 23.5 Å². The van der Waals surface area contributed by atoms with E-state index < -0.39 is 6.04 Å². The van der Waals surface area contributed by atoms with E-state index in [9.17, 15) is 14.4 Å². The highest BCUT2D eigenvalue weighted by atomic mass is 16.5. The molecule has 0 saturated heterocycles.